The van der Waals surface area contributed by atoms with Crippen molar-refractivity contribution in [2.45, 2.75) is 13.3 Å². The fourth-order valence-corrected chi connectivity index (χ4v) is 4.36. The molecule has 2 aromatic rings. The first-order valence-corrected chi connectivity index (χ1v) is 11.8. The zero-order valence-corrected chi connectivity index (χ0v) is 20.5. The van der Waals surface area contributed by atoms with E-state index in [0.717, 1.165) is 11.8 Å². The maximum atomic E-state index is 12.6. The number of nitrogens with one attached hydrogen (secondary N) is 1. The van der Waals surface area contributed by atoms with Crippen LogP contribution in [0.3, 0.4) is 0 Å². The molecule has 8 nitrogen and oxygen atoms in total. The number of amides is 2. The van der Waals surface area contributed by atoms with Crippen LogP contribution in [0.4, 0.5) is 5.69 Å². The van der Waals surface area contributed by atoms with Gasteiger partial charge in [0.15, 0.2) is 18.1 Å². The Kier molecular flexibility index (Phi) is 8.91. The zero-order valence-electron chi connectivity index (χ0n) is 18.1. The highest BCUT2D eigenvalue weighted by atomic mass is 35.5. The molecule has 0 bridgehead atoms. The van der Waals surface area contributed by atoms with E-state index in [1.54, 1.807) is 48.5 Å². The predicted molar refractivity (Wildman–Crippen MR) is 135 cm³/mol. The summed E-state index contributed by atoms with van der Waals surface area (Å²) in [5.74, 6) is -0.903. The maximum absolute atomic E-state index is 12.6. The summed E-state index contributed by atoms with van der Waals surface area (Å²) >= 11 is 12.2. The largest absolute Gasteiger partial charge is 0.490 e. The molecular formula is C23H21ClN2O6S2. The van der Waals surface area contributed by atoms with Crippen LogP contribution < -0.4 is 14.8 Å². The molecule has 1 fully saturated rings. The second kappa shape index (κ2) is 11.9. The van der Waals surface area contributed by atoms with Crippen molar-refractivity contribution in [3.05, 3.63) is 58.0 Å². The van der Waals surface area contributed by atoms with Crippen molar-refractivity contribution in [2.75, 3.05) is 25.1 Å². The Balaban J connectivity index is 1.68. The summed E-state index contributed by atoms with van der Waals surface area (Å²) in [5, 5.41) is 12.1. The first-order chi connectivity index (χ1) is 16.3. The van der Waals surface area contributed by atoms with E-state index in [1.807, 2.05) is 6.92 Å². The first kappa shape index (κ1) is 25.5. The molecule has 0 aromatic heterocycles. The van der Waals surface area contributed by atoms with E-state index < -0.39 is 5.97 Å². The standard InChI is InChI=1S/C23H21ClN2O6S2/c1-2-31-18-11-14(12-19-22(30)26(23(33)34-19)10-9-21(28)29)3-8-17(18)32-13-20(27)25-16-6-4-15(24)5-7-16/h3-8,11-12H,2,9-10,13H2,1H3,(H,25,27)(H,28,29)/b19-12-. The van der Waals surface area contributed by atoms with Gasteiger partial charge in [-0.15, -0.1) is 0 Å². The number of carbonyl (C=O) groups is 3. The van der Waals surface area contributed by atoms with Gasteiger partial charge in [0.25, 0.3) is 11.8 Å². The number of carboxylic acid groups (broad SMARTS) is 1. The molecule has 2 amide bonds. The minimum atomic E-state index is -1.00. The number of benzene rings is 2. The number of hydrogen-bond donors (Lipinski definition) is 2. The molecule has 0 atom stereocenters. The third-order valence-electron chi connectivity index (χ3n) is 4.47. The molecule has 2 aromatic carbocycles. The van der Waals surface area contributed by atoms with E-state index in [-0.39, 0.29) is 31.4 Å². The lowest BCUT2D eigenvalue weighted by molar-refractivity contribution is -0.137. The monoisotopic (exact) mass is 520 g/mol. The van der Waals surface area contributed by atoms with Crippen LogP contribution in [0.2, 0.25) is 5.02 Å². The van der Waals surface area contributed by atoms with Crippen molar-refractivity contribution in [3.63, 3.8) is 0 Å². The van der Waals surface area contributed by atoms with Gasteiger partial charge >= 0.3 is 5.97 Å². The topological polar surface area (TPSA) is 105 Å². The lowest BCUT2D eigenvalue weighted by atomic mass is 10.2. The number of aliphatic carboxylic acids is 1. The maximum Gasteiger partial charge on any atom is 0.305 e. The van der Waals surface area contributed by atoms with Crippen LogP contribution >= 0.6 is 35.6 Å². The van der Waals surface area contributed by atoms with Gasteiger partial charge in [-0.2, -0.15) is 0 Å². The summed E-state index contributed by atoms with van der Waals surface area (Å²) in [4.78, 5) is 37.3. The minimum Gasteiger partial charge on any atom is -0.490 e. The van der Waals surface area contributed by atoms with Crippen LogP contribution in [-0.4, -0.2) is 51.9 Å². The van der Waals surface area contributed by atoms with Crippen molar-refractivity contribution < 1.29 is 29.0 Å². The number of halogens is 1. The summed E-state index contributed by atoms with van der Waals surface area (Å²) in [7, 11) is 0. The number of carbonyl (C=O) groups excluding carboxylic acids is 2. The lowest BCUT2D eigenvalue weighted by Crippen LogP contribution is -2.30. The van der Waals surface area contributed by atoms with Crippen molar-refractivity contribution in [3.8, 4) is 11.5 Å². The number of thioether (sulfide) groups is 1. The quantitative estimate of drug-likeness (QED) is 0.350. The number of rotatable bonds is 10. The minimum absolute atomic E-state index is 0.0202. The van der Waals surface area contributed by atoms with Crippen LogP contribution in [0.5, 0.6) is 11.5 Å². The summed E-state index contributed by atoms with van der Waals surface area (Å²) in [6.07, 6.45) is 1.46. The molecule has 1 aliphatic rings. The van der Waals surface area contributed by atoms with Gasteiger partial charge in [0.2, 0.25) is 0 Å². The van der Waals surface area contributed by atoms with Gasteiger partial charge in [0.1, 0.15) is 4.32 Å². The van der Waals surface area contributed by atoms with E-state index >= 15 is 0 Å². The van der Waals surface area contributed by atoms with Crippen molar-refractivity contribution in [2.24, 2.45) is 0 Å². The Morgan fingerprint density at radius 2 is 1.91 bits per heavy atom. The zero-order chi connectivity index (χ0) is 24.7. The molecule has 178 valence electrons. The average Bonchev–Trinajstić information content (AvgIpc) is 3.05. The molecule has 0 saturated carbocycles. The van der Waals surface area contributed by atoms with E-state index in [2.05, 4.69) is 5.32 Å². The van der Waals surface area contributed by atoms with Gasteiger partial charge in [-0.1, -0.05) is 41.6 Å². The molecule has 3 rings (SSSR count). The smallest absolute Gasteiger partial charge is 0.305 e. The molecule has 34 heavy (non-hydrogen) atoms. The molecule has 1 saturated heterocycles. The number of nitrogens with zero attached hydrogens (tertiary/aromatic N) is 1. The van der Waals surface area contributed by atoms with E-state index in [9.17, 15) is 14.4 Å². The number of carboxylic acids is 1. The van der Waals surface area contributed by atoms with E-state index in [4.69, 9.17) is 38.4 Å². The third-order valence-corrected chi connectivity index (χ3v) is 6.10. The predicted octanol–water partition coefficient (Wildman–Crippen LogP) is 4.43. The fraction of sp³-hybridized carbons (Fsp3) is 0.217. The average molecular weight is 521 g/mol. The van der Waals surface area contributed by atoms with Crippen molar-refractivity contribution >= 4 is 69.4 Å². The van der Waals surface area contributed by atoms with Crippen LogP contribution in [0, 0.1) is 0 Å². The lowest BCUT2D eigenvalue weighted by Gasteiger charge is -2.13. The fourth-order valence-electron chi connectivity index (χ4n) is 2.93. The molecule has 2 N–H and O–H groups in total. The van der Waals surface area contributed by atoms with Crippen LogP contribution in [0.15, 0.2) is 47.4 Å². The van der Waals surface area contributed by atoms with Gasteiger partial charge in [-0.3, -0.25) is 19.3 Å². The Labute approximate surface area is 210 Å². The number of anilines is 1. The SMILES string of the molecule is CCOc1cc(/C=C2\SC(=S)N(CCC(=O)O)C2=O)ccc1OCC(=O)Nc1ccc(Cl)cc1. The highest BCUT2D eigenvalue weighted by molar-refractivity contribution is 8.26. The van der Waals surface area contributed by atoms with Crippen LogP contribution in [-0.2, 0) is 14.4 Å². The van der Waals surface area contributed by atoms with Crippen LogP contribution in [0.1, 0.15) is 18.9 Å². The molecule has 1 aliphatic heterocycles. The second-order valence-electron chi connectivity index (χ2n) is 6.96. The van der Waals surface area contributed by atoms with Gasteiger partial charge in [0.05, 0.1) is 17.9 Å². The summed E-state index contributed by atoms with van der Waals surface area (Å²) in [6.45, 7) is 1.97. The number of thiocarbonyl (C=S) groups is 1. The Morgan fingerprint density at radius 3 is 2.59 bits per heavy atom. The number of hydrogen-bond acceptors (Lipinski definition) is 7. The van der Waals surface area contributed by atoms with E-state index in [0.29, 0.717) is 43.6 Å². The van der Waals surface area contributed by atoms with E-state index in [1.165, 1.54) is 4.90 Å². The summed E-state index contributed by atoms with van der Waals surface area (Å²) < 4.78 is 11.6. The number of ether oxygens (including phenoxy) is 2. The molecule has 0 unspecified atom stereocenters. The Morgan fingerprint density at radius 1 is 1.18 bits per heavy atom. The molecule has 1 heterocycles. The molecule has 0 aliphatic carbocycles. The summed E-state index contributed by atoms with van der Waals surface area (Å²) in [5.41, 5.74) is 1.26. The van der Waals surface area contributed by atoms with Crippen molar-refractivity contribution in [1.29, 1.82) is 0 Å². The van der Waals surface area contributed by atoms with Crippen LogP contribution in [0.25, 0.3) is 6.08 Å². The molecule has 0 spiro atoms. The van der Waals surface area contributed by atoms with Gasteiger partial charge in [-0.25, -0.2) is 0 Å². The van der Waals surface area contributed by atoms with Gasteiger partial charge in [0, 0.05) is 17.3 Å². The molecule has 11 heteroatoms. The molecular weight excluding hydrogens is 500 g/mol. The normalized spacial score (nSPS) is 14.4. The Bertz CT molecular complexity index is 1140. The Hall–Kier alpha value is -3.08. The third kappa shape index (κ3) is 6.96. The van der Waals surface area contributed by atoms with Gasteiger partial charge in [-0.05, 0) is 55.0 Å². The molecule has 0 radical (unpaired) electrons. The van der Waals surface area contributed by atoms with Gasteiger partial charge < -0.3 is 19.9 Å². The second-order valence-corrected chi connectivity index (χ2v) is 9.07. The van der Waals surface area contributed by atoms with Crippen molar-refractivity contribution in [1.82, 2.24) is 4.90 Å². The highest BCUT2D eigenvalue weighted by Gasteiger charge is 2.32. The summed E-state index contributed by atoms with van der Waals surface area (Å²) in [6, 6.07) is 11.8. The highest BCUT2D eigenvalue weighted by Crippen LogP contribution is 2.35. The first-order valence-electron chi connectivity index (χ1n) is 10.2.